The molecule has 1 aromatic heterocycles. The minimum atomic E-state index is -0.459. The summed E-state index contributed by atoms with van der Waals surface area (Å²) in [5.74, 6) is -0.147. The SMILES string of the molecule is O=C(c1ccccc1I)c1c[nH]c2c([N+](=O)[O-])cccc12. The van der Waals surface area contributed by atoms with Crippen LogP contribution in [-0.4, -0.2) is 15.7 Å². The summed E-state index contributed by atoms with van der Waals surface area (Å²) >= 11 is 2.10. The van der Waals surface area contributed by atoms with Crippen LogP contribution in [0.25, 0.3) is 10.9 Å². The average molecular weight is 392 g/mol. The van der Waals surface area contributed by atoms with Gasteiger partial charge in [-0.15, -0.1) is 0 Å². The van der Waals surface area contributed by atoms with Crippen molar-refractivity contribution in [3.8, 4) is 0 Å². The molecule has 3 rings (SSSR count). The number of aromatic amines is 1. The van der Waals surface area contributed by atoms with Gasteiger partial charge in [-0.2, -0.15) is 0 Å². The summed E-state index contributed by atoms with van der Waals surface area (Å²) in [6.45, 7) is 0. The third kappa shape index (κ3) is 2.31. The van der Waals surface area contributed by atoms with Gasteiger partial charge in [0, 0.05) is 32.3 Å². The molecule has 1 heterocycles. The van der Waals surface area contributed by atoms with Gasteiger partial charge in [0.15, 0.2) is 5.78 Å². The largest absolute Gasteiger partial charge is 0.355 e. The molecule has 0 aliphatic heterocycles. The zero-order valence-corrected chi connectivity index (χ0v) is 12.8. The second-order valence-corrected chi connectivity index (χ2v) is 5.63. The summed E-state index contributed by atoms with van der Waals surface area (Å²) in [5, 5.41) is 11.6. The Labute approximate surface area is 133 Å². The molecule has 104 valence electrons. The third-order valence-electron chi connectivity index (χ3n) is 3.25. The lowest BCUT2D eigenvalue weighted by molar-refractivity contribution is -0.383. The number of nitro benzene ring substituents is 1. The molecule has 6 heteroatoms. The Morgan fingerprint density at radius 2 is 1.86 bits per heavy atom. The molecule has 0 aliphatic rings. The first-order valence-electron chi connectivity index (χ1n) is 6.13. The van der Waals surface area contributed by atoms with E-state index >= 15 is 0 Å². The van der Waals surface area contributed by atoms with Gasteiger partial charge in [0.2, 0.25) is 0 Å². The van der Waals surface area contributed by atoms with E-state index in [1.165, 1.54) is 12.3 Å². The highest BCUT2D eigenvalue weighted by atomic mass is 127. The van der Waals surface area contributed by atoms with Crippen molar-refractivity contribution in [1.29, 1.82) is 0 Å². The summed E-state index contributed by atoms with van der Waals surface area (Å²) < 4.78 is 0.847. The number of nitrogens with one attached hydrogen (secondary N) is 1. The molecule has 0 saturated carbocycles. The van der Waals surface area contributed by atoms with Crippen LogP contribution in [0, 0.1) is 13.7 Å². The number of halogens is 1. The number of carbonyl (C=O) groups excluding carboxylic acids is 1. The lowest BCUT2D eigenvalue weighted by Gasteiger charge is -2.02. The van der Waals surface area contributed by atoms with E-state index in [1.54, 1.807) is 24.3 Å². The second kappa shape index (κ2) is 5.28. The molecular weight excluding hydrogens is 383 g/mol. The number of nitro groups is 1. The molecule has 5 nitrogen and oxygen atoms in total. The van der Waals surface area contributed by atoms with Gasteiger partial charge >= 0.3 is 0 Å². The van der Waals surface area contributed by atoms with E-state index in [-0.39, 0.29) is 11.5 Å². The number of aromatic nitrogens is 1. The molecule has 0 fully saturated rings. The number of rotatable bonds is 3. The zero-order valence-electron chi connectivity index (χ0n) is 10.7. The first kappa shape index (κ1) is 13.7. The van der Waals surface area contributed by atoms with Gasteiger partial charge in [-0.05, 0) is 34.7 Å². The number of ketones is 1. The van der Waals surface area contributed by atoms with E-state index in [0.29, 0.717) is 22.0 Å². The Morgan fingerprint density at radius 1 is 1.10 bits per heavy atom. The van der Waals surface area contributed by atoms with E-state index in [2.05, 4.69) is 27.6 Å². The first-order chi connectivity index (χ1) is 10.1. The van der Waals surface area contributed by atoms with Gasteiger partial charge in [-0.3, -0.25) is 14.9 Å². The Hall–Kier alpha value is -2.22. The summed E-state index contributed by atoms with van der Waals surface area (Å²) in [6.07, 6.45) is 1.53. The fraction of sp³-hybridized carbons (Fsp3) is 0. The number of fused-ring (bicyclic) bond motifs is 1. The molecule has 0 aliphatic carbocycles. The van der Waals surface area contributed by atoms with Crippen molar-refractivity contribution in [2.75, 3.05) is 0 Å². The quantitative estimate of drug-likeness (QED) is 0.318. The fourth-order valence-corrected chi connectivity index (χ4v) is 2.90. The van der Waals surface area contributed by atoms with Crippen LogP contribution in [0.1, 0.15) is 15.9 Å². The van der Waals surface area contributed by atoms with Crippen LogP contribution in [0.15, 0.2) is 48.7 Å². The monoisotopic (exact) mass is 392 g/mol. The zero-order chi connectivity index (χ0) is 15.0. The molecule has 3 aromatic rings. The average Bonchev–Trinajstić information content (AvgIpc) is 2.90. The maximum Gasteiger partial charge on any atom is 0.293 e. The number of hydrogen-bond donors (Lipinski definition) is 1. The molecule has 0 bridgehead atoms. The Kier molecular flexibility index (Phi) is 3.46. The van der Waals surface area contributed by atoms with Crippen molar-refractivity contribution in [2.24, 2.45) is 0 Å². The maximum absolute atomic E-state index is 12.6. The number of para-hydroxylation sites is 1. The Balaban J connectivity index is 2.18. The van der Waals surface area contributed by atoms with E-state index in [1.807, 2.05) is 12.1 Å². The predicted molar refractivity (Wildman–Crippen MR) is 87.5 cm³/mol. The van der Waals surface area contributed by atoms with Crippen LogP contribution in [0.5, 0.6) is 0 Å². The minimum Gasteiger partial charge on any atom is -0.355 e. The number of hydrogen-bond acceptors (Lipinski definition) is 3. The number of benzene rings is 2. The van der Waals surface area contributed by atoms with Crippen molar-refractivity contribution >= 4 is 45.0 Å². The van der Waals surface area contributed by atoms with Crippen LogP contribution < -0.4 is 0 Å². The van der Waals surface area contributed by atoms with Crippen molar-refractivity contribution in [2.45, 2.75) is 0 Å². The number of non-ortho nitro benzene ring substituents is 1. The molecule has 0 amide bonds. The topological polar surface area (TPSA) is 76.0 Å². The van der Waals surface area contributed by atoms with Crippen molar-refractivity contribution < 1.29 is 9.72 Å². The van der Waals surface area contributed by atoms with E-state index in [0.717, 1.165) is 3.57 Å². The smallest absolute Gasteiger partial charge is 0.293 e. The molecule has 2 aromatic carbocycles. The molecule has 0 saturated heterocycles. The van der Waals surface area contributed by atoms with Crippen LogP contribution >= 0.6 is 22.6 Å². The van der Waals surface area contributed by atoms with Gasteiger partial charge in [-0.1, -0.05) is 24.3 Å². The number of carbonyl (C=O) groups is 1. The van der Waals surface area contributed by atoms with Gasteiger partial charge in [0.1, 0.15) is 5.52 Å². The minimum absolute atomic E-state index is 0.0330. The highest BCUT2D eigenvalue weighted by Gasteiger charge is 2.20. The van der Waals surface area contributed by atoms with E-state index in [4.69, 9.17) is 0 Å². The maximum atomic E-state index is 12.6. The van der Waals surface area contributed by atoms with Crippen LogP contribution in [0.4, 0.5) is 5.69 Å². The molecule has 0 radical (unpaired) electrons. The van der Waals surface area contributed by atoms with Gasteiger partial charge < -0.3 is 4.98 Å². The molecule has 0 spiro atoms. The highest BCUT2D eigenvalue weighted by Crippen LogP contribution is 2.29. The molecule has 21 heavy (non-hydrogen) atoms. The summed E-state index contributed by atoms with van der Waals surface area (Å²) in [5.41, 5.74) is 1.37. The van der Waals surface area contributed by atoms with Gasteiger partial charge in [0.05, 0.1) is 4.92 Å². The van der Waals surface area contributed by atoms with E-state index in [9.17, 15) is 14.9 Å². The van der Waals surface area contributed by atoms with Gasteiger partial charge in [0.25, 0.3) is 5.69 Å². The lowest BCUT2D eigenvalue weighted by atomic mass is 10.0. The van der Waals surface area contributed by atoms with Crippen LogP contribution in [-0.2, 0) is 0 Å². The normalized spacial score (nSPS) is 10.7. The van der Waals surface area contributed by atoms with Gasteiger partial charge in [-0.25, -0.2) is 0 Å². The summed E-state index contributed by atoms with van der Waals surface area (Å²) in [7, 11) is 0. The highest BCUT2D eigenvalue weighted by molar-refractivity contribution is 14.1. The Morgan fingerprint density at radius 3 is 2.57 bits per heavy atom. The number of H-pyrrole nitrogens is 1. The molecule has 0 unspecified atom stereocenters. The molecular formula is C15H9IN2O3. The first-order valence-corrected chi connectivity index (χ1v) is 7.21. The second-order valence-electron chi connectivity index (χ2n) is 4.47. The molecule has 0 atom stereocenters. The Bertz CT molecular complexity index is 870. The summed E-state index contributed by atoms with van der Waals surface area (Å²) in [6, 6.07) is 12.0. The van der Waals surface area contributed by atoms with Crippen LogP contribution in [0.2, 0.25) is 0 Å². The molecule has 1 N–H and O–H groups in total. The number of nitrogens with zero attached hydrogens (tertiary/aromatic N) is 1. The van der Waals surface area contributed by atoms with Crippen molar-refractivity contribution in [1.82, 2.24) is 4.98 Å². The summed E-state index contributed by atoms with van der Waals surface area (Å²) in [4.78, 5) is 26.0. The fourth-order valence-electron chi connectivity index (χ4n) is 2.27. The third-order valence-corrected chi connectivity index (χ3v) is 4.19. The standard InChI is InChI=1S/C15H9IN2O3/c16-12-6-2-1-4-10(12)15(19)11-8-17-14-9(11)5-3-7-13(14)18(20)21/h1-8,17H. The lowest BCUT2D eigenvalue weighted by Crippen LogP contribution is -2.02. The van der Waals surface area contributed by atoms with E-state index < -0.39 is 4.92 Å². The van der Waals surface area contributed by atoms with Crippen LogP contribution in [0.3, 0.4) is 0 Å². The predicted octanol–water partition coefficient (Wildman–Crippen LogP) is 3.91. The van der Waals surface area contributed by atoms with Crippen molar-refractivity contribution in [3.63, 3.8) is 0 Å². The van der Waals surface area contributed by atoms with Crippen molar-refractivity contribution in [3.05, 3.63) is 73.5 Å².